The molecule has 7 heteroatoms. The molecular formula is C13H18IN3O3. The molecular weight excluding hydrogens is 373 g/mol. The summed E-state index contributed by atoms with van der Waals surface area (Å²) in [5.41, 5.74) is -0.253. The Labute approximate surface area is 131 Å². The Morgan fingerprint density at radius 1 is 1.45 bits per heavy atom. The second-order valence-corrected chi connectivity index (χ2v) is 6.11. The van der Waals surface area contributed by atoms with Crippen molar-refractivity contribution in [1.82, 2.24) is 14.9 Å². The van der Waals surface area contributed by atoms with Gasteiger partial charge in [0.1, 0.15) is 12.4 Å². The number of rotatable bonds is 5. The number of hydrogen-bond donors (Lipinski definition) is 1. The van der Waals surface area contributed by atoms with Gasteiger partial charge in [0, 0.05) is 6.20 Å². The highest BCUT2D eigenvalue weighted by Gasteiger charge is 2.21. The molecule has 1 rings (SSSR count). The van der Waals surface area contributed by atoms with Crippen molar-refractivity contribution in [2.75, 3.05) is 0 Å². The number of carbonyl (C=O) groups is 2. The number of aromatic nitrogens is 2. The minimum atomic E-state index is -0.533. The zero-order valence-corrected chi connectivity index (χ0v) is 14.1. The number of halogens is 1. The van der Waals surface area contributed by atoms with Crippen molar-refractivity contribution in [3.05, 3.63) is 25.9 Å². The van der Waals surface area contributed by atoms with Crippen LogP contribution in [-0.4, -0.2) is 27.3 Å². The van der Waals surface area contributed by atoms with E-state index in [9.17, 15) is 14.4 Å². The van der Waals surface area contributed by atoms with Crippen LogP contribution < -0.4 is 10.9 Å². The minimum Gasteiger partial charge on any atom is -0.344 e. The maximum atomic E-state index is 12.0. The molecule has 1 aromatic heterocycles. The zero-order valence-electron chi connectivity index (χ0n) is 11.9. The Hall–Kier alpha value is -1.25. The van der Waals surface area contributed by atoms with Crippen LogP contribution in [0, 0.1) is 16.4 Å². The van der Waals surface area contributed by atoms with Crippen molar-refractivity contribution in [3.8, 4) is 0 Å². The van der Waals surface area contributed by atoms with Gasteiger partial charge in [-0.05, 0) is 42.4 Å². The molecule has 0 aliphatic rings. The van der Waals surface area contributed by atoms with Gasteiger partial charge in [-0.3, -0.25) is 19.0 Å². The summed E-state index contributed by atoms with van der Waals surface area (Å²) in [5, 5.41) is 2.66. The summed E-state index contributed by atoms with van der Waals surface area (Å²) < 4.78 is 1.75. The third kappa shape index (κ3) is 4.12. The number of aryl methyl sites for hydroxylation is 1. The molecule has 1 N–H and O–H groups in total. The van der Waals surface area contributed by atoms with Crippen LogP contribution in [0.4, 0.5) is 0 Å². The van der Waals surface area contributed by atoms with Crippen molar-refractivity contribution in [2.45, 2.75) is 40.3 Å². The summed E-state index contributed by atoms with van der Waals surface area (Å²) in [6.45, 7) is 6.68. The Balaban J connectivity index is 2.90. The molecule has 0 aromatic carbocycles. The monoisotopic (exact) mass is 391 g/mol. The van der Waals surface area contributed by atoms with Gasteiger partial charge >= 0.3 is 0 Å². The quantitative estimate of drug-likeness (QED) is 0.756. The van der Waals surface area contributed by atoms with E-state index in [1.165, 1.54) is 17.7 Å². The van der Waals surface area contributed by atoms with Crippen molar-refractivity contribution < 1.29 is 9.59 Å². The predicted octanol–water partition coefficient (Wildman–Crippen LogP) is 0.886. The van der Waals surface area contributed by atoms with Crippen LogP contribution in [0.1, 0.15) is 26.6 Å². The first-order chi connectivity index (χ1) is 9.23. The molecule has 0 fully saturated rings. The second kappa shape index (κ2) is 6.96. The van der Waals surface area contributed by atoms with Crippen LogP contribution in [0.5, 0.6) is 0 Å². The number of hydrogen-bond acceptors (Lipinski definition) is 4. The highest BCUT2D eigenvalue weighted by molar-refractivity contribution is 14.1. The average Bonchev–Trinajstić information content (AvgIpc) is 2.35. The van der Waals surface area contributed by atoms with E-state index < -0.39 is 6.04 Å². The van der Waals surface area contributed by atoms with Gasteiger partial charge in [-0.15, -0.1) is 0 Å². The van der Waals surface area contributed by atoms with E-state index in [4.69, 9.17) is 0 Å². The molecule has 1 heterocycles. The molecule has 0 radical (unpaired) electrons. The molecule has 110 valence electrons. The van der Waals surface area contributed by atoms with Gasteiger partial charge in [0.25, 0.3) is 5.56 Å². The fraction of sp³-hybridized carbons (Fsp3) is 0.538. The van der Waals surface area contributed by atoms with Gasteiger partial charge in [-0.2, -0.15) is 0 Å². The third-order valence-electron chi connectivity index (χ3n) is 2.93. The molecule has 0 saturated carbocycles. The molecule has 20 heavy (non-hydrogen) atoms. The topological polar surface area (TPSA) is 81.1 Å². The lowest BCUT2D eigenvalue weighted by Gasteiger charge is -2.20. The van der Waals surface area contributed by atoms with Gasteiger partial charge in [-0.25, -0.2) is 4.98 Å². The van der Waals surface area contributed by atoms with Crippen molar-refractivity contribution in [3.63, 3.8) is 0 Å². The number of ketones is 1. The highest BCUT2D eigenvalue weighted by Crippen LogP contribution is 2.03. The molecule has 0 aliphatic heterocycles. The van der Waals surface area contributed by atoms with Crippen LogP contribution in [0.25, 0.3) is 0 Å². The normalized spacial score (nSPS) is 12.3. The number of carbonyl (C=O) groups excluding carboxylic acids is 2. The van der Waals surface area contributed by atoms with E-state index in [1.807, 2.05) is 36.4 Å². The molecule has 0 saturated heterocycles. The Morgan fingerprint density at radius 2 is 2.05 bits per heavy atom. The fourth-order valence-electron chi connectivity index (χ4n) is 1.84. The van der Waals surface area contributed by atoms with Crippen molar-refractivity contribution in [2.24, 2.45) is 5.92 Å². The maximum Gasteiger partial charge on any atom is 0.267 e. The molecule has 1 atom stereocenters. The van der Waals surface area contributed by atoms with Crippen LogP contribution in [-0.2, 0) is 16.1 Å². The van der Waals surface area contributed by atoms with Gasteiger partial charge < -0.3 is 5.32 Å². The van der Waals surface area contributed by atoms with E-state index in [1.54, 1.807) is 6.92 Å². The Bertz CT molecular complexity index is 581. The summed E-state index contributed by atoms with van der Waals surface area (Å²) in [6.07, 6.45) is 1.47. The van der Waals surface area contributed by atoms with Crippen LogP contribution in [0.3, 0.4) is 0 Å². The summed E-state index contributed by atoms with van der Waals surface area (Å²) in [4.78, 5) is 39.5. The molecule has 1 aromatic rings. The Kier molecular flexibility index (Phi) is 5.85. The van der Waals surface area contributed by atoms with Gasteiger partial charge in [0.15, 0.2) is 5.78 Å². The first-order valence-corrected chi connectivity index (χ1v) is 7.33. The highest BCUT2D eigenvalue weighted by atomic mass is 127. The number of amides is 1. The number of nitrogens with zero attached hydrogens (tertiary/aromatic N) is 2. The summed E-state index contributed by atoms with van der Waals surface area (Å²) in [6, 6.07) is -0.533. The second-order valence-electron chi connectivity index (χ2n) is 4.94. The SMILES string of the molecule is CC(=O)C(NC(=O)Cn1c(C)ncc(I)c1=O)C(C)C. The average molecular weight is 391 g/mol. The lowest BCUT2D eigenvalue weighted by molar-refractivity contribution is -0.128. The summed E-state index contributed by atoms with van der Waals surface area (Å²) in [7, 11) is 0. The van der Waals surface area contributed by atoms with Crippen LogP contribution in [0.2, 0.25) is 0 Å². The summed E-state index contributed by atoms with van der Waals surface area (Å²) in [5.74, 6) is 0.00359. The van der Waals surface area contributed by atoms with Crippen LogP contribution in [0.15, 0.2) is 11.0 Å². The predicted molar refractivity (Wildman–Crippen MR) is 83.4 cm³/mol. The molecule has 0 bridgehead atoms. The van der Waals surface area contributed by atoms with Crippen LogP contribution >= 0.6 is 22.6 Å². The van der Waals surface area contributed by atoms with Crippen molar-refractivity contribution >= 4 is 34.3 Å². The molecule has 6 nitrogen and oxygen atoms in total. The largest absolute Gasteiger partial charge is 0.344 e. The van der Waals surface area contributed by atoms with Crippen molar-refractivity contribution in [1.29, 1.82) is 0 Å². The molecule has 1 unspecified atom stereocenters. The fourth-order valence-corrected chi connectivity index (χ4v) is 2.27. The van der Waals surface area contributed by atoms with Gasteiger partial charge in [0.05, 0.1) is 9.61 Å². The van der Waals surface area contributed by atoms with E-state index in [-0.39, 0.29) is 29.7 Å². The Morgan fingerprint density at radius 3 is 2.55 bits per heavy atom. The zero-order chi connectivity index (χ0) is 15.4. The van der Waals surface area contributed by atoms with E-state index >= 15 is 0 Å². The number of nitrogens with one attached hydrogen (secondary N) is 1. The smallest absolute Gasteiger partial charge is 0.267 e. The standard InChI is InChI=1S/C13H18IN3O3/c1-7(2)12(8(3)18)16-11(19)6-17-9(4)15-5-10(14)13(17)20/h5,7,12H,6H2,1-4H3,(H,16,19). The molecule has 0 aliphatic carbocycles. The molecule has 1 amide bonds. The maximum absolute atomic E-state index is 12.0. The third-order valence-corrected chi connectivity index (χ3v) is 3.67. The first-order valence-electron chi connectivity index (χ1n) is 6.25. The van der Waals surface area contributed by atoms with E-state index in [0.717, 1.165) is 0 Å². The van der Waals surface area contributed by atoms with Gasteiger partial charge in [-0.1, -0.05) is 13.8 Å². The summed E-state index contributed by atoms with van der Waals surface area (Å²) >= 11 is 1.88. The molecule has 0 spiro atoms. The van der Waals surface area contributed by atoms with E-state index in [0.29, 0.717) is 9.39 Å². The first kappa shape index (κ1) is 16.8. The lowest BCUT2D eigenvalue weighted by Crippen LogP contribution is -2.45. The lowest BCUT2D eigenvalue weighted by atomic mass is 10.0. The minimum absolute atomic E-state index is 0.00306. The number of Topliss-reactive ketones (excluding diaryl/α,β-unsaturated/α-hetero) is 1. The van der Waals surface area contributed by atoms with Gasteiger partial charge in [0.2, 0.25) is 5.91 Å². The van der Waals surface area contributed by atoms with E-state index in [2.05, 4.69) is 10.3 Å².